The SMILES string of the molecule is O=C(NCc1cccc(NC(=O)C(F)(F)F)c1)c1cccc(O)c1. The zero-order valence-electron chi connectivity index (χ0n) is 12.2. The lowest BCUT2D eigenvalue weighted by atomic mass is 10.1. The average Bonchev–Trinajstić information content (AvgIpc) is 2.52. The molecule has 0 spiro atoms. The molecule has 0 aliphatic rings. The molecule has 8 heteroatoms. The summed E-state index contributed by atoms with van der Waals surface area (Å²) in [5, 5.41) is 13.6. The maximum atomic E-state index is 12.2. The van der Waals surface area contributed by atoms with Gasteiger partial charge in [-0.2, -0.15) is 13.2 Å². The van der Waals surface area contributed by atoms with Crippen molar-refractivity contribution in [2.45, 2.75) is 12.7 Å². The Bertz CT molecular complexity index is 760. The largest absolute Gasteiger partial charge is 0.508 e. The topological polar surface area (TPSA) is 78.4 Å². The van der Waals surface area contributed by atoms with Crippen LogP contribution in [0.2, 0.25) is 0 Å². The van der Waals surface area contributed by atoms with E-state index in [4.69, 9.17) is 0 Å². The Morgan fingerprint density at radius 2 is 1.75 bits per heavy atom. The van der Waals surface area contributed by atoms with Crippen LogP contribution in [-0.4, -0.2) is 23.1 Å². The number of rotatable bonds is 4. The van der Waals surface area contributed by atoms with Gasteiger partial charge >= 0.3 is 12.1 Å². The Morgan fingerprint density at radius 3 is 2.42 bits per heavy atom. The molecule has 2 rings (SSSR count). The minimum atomic E-state index is -4.97. The third-order valence-corrected chi connectivity index (χ3v) is 3.00. The fourth-order valence-electron chi connectivity index (χ4n) is 1.89. The van der Waals surface area contributed by atoms with Gasteiger partial charge in [0, 0.05) is 17.8 Å². The number of carbonyl (C=O) groups excluding carboxylic acids is 2. The maximum absolute atomic E-state index is 12.2. The van der Waals surface area contributed by atoms with Crippen molar-refractivity contribution in [3.63, 3.8) is 0 Å². The van der Waals surface area contributed by atoms with Crippen LogP contribution in [0.25, 0.3) is 0 Å². The van der Waals surface area contributed by atoms with Crippen LogP contribution < -0.4 is 10.6 Å². The fraction of sp³-hybridized carbons (Fsp3) is 0.125. The van der Waals surface area contributed by atoms with Gasteiger partial charge in [0.1, 0.15) is 5.75 Å². The number of hydrogen-bond donors (Lipinski definition) is 3. The second-order valence-corrected chi connectivity index (χ2v) is 4.89. The molecule has 0 fully saturated rings. The summed E-state index contributed by atoms with van der Waals surface area (Å²) in [6, 6.07) is 11.4. The van der Waals surface area contributed by atoms with Crippen molar-refractivity contribution < 1.29 is 27.9 Å². The van der Waals surface area contributed by atoms with E-state index in [1.165, 1.54) is 42.5 Å². The number of carbonyl (C=O) groups is 2. The summed E-state index contributed by atoms with van der Waals surface area (Å²) in [5.74, 6) is -2.57. The smallest absolute Gasteiger partial charge is 0.471 e. The van der Waals surface area contributed by atoms with E-state index in [1.807, 2.05) is 0 Å². The van der Waals surface area contributed by atoms with Crippen LogP contribution in [-0.2, 0) is 11.3 Å². The van der Waals surface area contributed by atoms with E-state index in [-0.39, 0.29) is 23.5 Å². The Balaban J connectivity index is 1.99. The number of anilines is 1. The van der Waals surface area contributed by atoms with E-state index < -0.39 is 18.0 Å². The van der Waals surface area contributed by atoms with Crippen LogP contribution in [0.15, 0.2) is 48.5 Å². The monoisotopic (exact) mass is 338 g/mol. The molecule has 3 N–H and O–H groups in total. The molecule has 0 unspecified atom stereocenters. The van der Waals surface area contributed by atoms with Gasteiger partial charge in [-0.3, -0.25) is 9.59 Å². The number of alkyl halides is 3. The number of phenolic OH excluding ortho intramolecular Hbond substituents is 1. The molecule has 0 saturated heterocycles. The zero-order chi connectivity index (χ0) is 17.7. The molecule has 0 heterocycles. The van der Waals surface area contributed by atoms with Crippen molar-refractivity contribution in [3.05, 3.63) is 59.7 Å². The molecule has 0 aromatic heterocycles. The lowest BCUT2D eigenvalue weighted by Crippen LogP contribution is -2.30. The first kappa shape index (κ1) is 17.3. The van der Waals surface area contributed by atoms with E-state index in [0.29, 0.717) is 5.56 Å². The fourth-order valence-corrected chi connectivity index (χ4v) is 1.89. The van der Waals surface area contributed by atoms with Gasteiger partial charge in [0.05, 0.1) is 0 Å². The molecule has 0 saturated carbocycles. The molecule has 2 amide bonds. The first-order chi connectivity index (χ1) is 11.3. The molecule has 0 aliphatic heterocycles. The summed E-state index contributed by atoms with van der Waals surface area (Å²) in [5.41, 5.74) is 0.724. The Labute approximate surface area is 135 Å². The standard InChI is InChI=1S/C16H13F3N2O3/c17-16(18,19)15(24)21-12-5-1-3-10(7-12)9-20-14(23)11-4-2-6-13(22)8-11/h1-8,22H,9H2,(H,20,23)(H,21,24). The first-order valence-electron chi connectivity index (χ1n) is 6.80. The van der Waals surface area contributed by atoms with Gasteiger partial charge in [-0.15, -0.1) is 0 Å². The minimum absolute atomic E-state index is 0.0265. The Hall–Kier alpha value is -3.03. The number of hydrogen-bond acceptors (Lipinski definition) is 3. The van der Waals surface area contributed by atoms with Crippen molar-refractivity contribution in [3.8, 4) is 5.75 Å². The number of benzene rings is 2. The Kier molecular flexibility index (Phi) is 5.08. The molecule has 126 valence electrons. The summed E-state index contributed by atoms with van der Waals surface area (Å²) >= 11 is 0. The van der Waals surface area contributed by atoms with Crippen LogP contribution in [0.4, 0.5) is 18.9 Å². The number of nitrogens with one attached hydrogen (secondary N) is 2. The van der Waals surface area contributed by atoms with Crippen molar-refractivity contribution in [1.82, 2.24) is 5.32 Å². The highest BCUT2D eigenvalue weighted by Crippen LogP contribution is 2.19. The minimum Gasteiger partial charge on any atom is -0.508 e. The zero-order valence-corrected chi connectivity index (χ0v) is 12.2. The molecule has 0 radical (unpaired) electrons. The van der Waals surface area contributed by atoms with Gasteiger partial charge in [0.25, 0.3) is 5.91 Å². The normalized spacial score (nSPS) is 11.0. The first-order valence-corrected chi connectivity index (χ1v) is 6.80. The van der Waals surface area contributed by atoms with Crippen LogP contribution >= 0.6 is 0 Å². The molecular weight excluding hydrogens is 325 g/mol. The highest BCUT2D eigenvalue weighted by Gasteiger charge is 2.38. The summed E-state index contributed by atoms with van der Waals surface area (Å²) in [6.07, 6.45) is -4.97. The predicted molar refractivity (Wildman–Crippen MR) is 80.4 cm³/mol. The van der Waals surface area contributed by atoms with Gasteiger partial charge in [-0.05, 0) is 35.9 Å². The van der Waals surface area contributed by atoms with Crippen LogP contribution in [0, 0.1) is 0 Å². The summed E-state index contributed by atoms with van der Waals surface area (Å²) in [4.78, 5) is 22.8. The van der Waals surface area contributed by atoms with Crippen LogP contribution in [0.5, 0.6) is 5.75 Å². The van der Waals surface area contributed by atoms with E-state index in [9.17, 15) is 27.9 Å². The van der Waals surface area contributed by atoms with E-state index in [1.54, 1.807) is 11.4 Å². The lowest BCUT2D eigenvalue weighted by molar-refractivity contribution is -0.167. The lowest BCUT2D eigenvalue weighted by Gasteiger charge is -2.10. The summed E-state index contributed by atoms with van der Waals surface area (Å²) in [7, 11) is 0. The Morgan fingerprint density at radius 1 is 1.04 bits per heavy atom. The summed E-state index contributed by atoms with van der Waals surface area (Å²) < 4.78 is 36.7. The van der Waals surface area contributed by atoms with Crippen molar-refractivity contribution in [2.24, 2.45) is 0 Å². The van der Waals surface area contributed by atoms with Crippen molar-refractivity contribution >= 4 is 17.5 Å². The third-order valence-electron chi connectivity index (χ3n) is 3.00. The molecule has 2 aromatic carbocycles. The second kappa shape index (κ2) is 7.03. The molecule has 2 aromatic rings. The van der Waals surface area contributed by atoms with E-state index in [0.717, 1.165) is 0 Å². The van der Waals surface area contributed by atoms with Gasteiger partial charge in [-0.1, -0.05) is 18.2 Å². The number of aromatic hydroxyl groups is 1. The molecule has 5 nitrogen and oxygen atoms in total. The van der Waals surface area contributed by atoms with Crippen LogP contribution in [0.3, 0.4) is 0 Å². The van der Waals surface area contributed by atoms with E-state index >= 15 is 0 Å². The second-order valence-electron chi connectivity index (χ2n) is 4.89. The highest BCUT2D eigenvalue weighted by molar-refractivity contribution is 5.95. The molecular formula is C16H13F3N2O3. The number of phenols is 1. The predicted octanol–water partition coefficient (Wildman–Crippen LogP) is 2.82. The number of halogens is 3. The van der Waals surface area contributed by atoms with Gasteiger partial charge in [0.15, 0.2) is 0 Å². The van der Waals surface area contributed by atoms with Gasteiger partial charge < -0.3 is 15.7 Å². The van der Waals surface area contributed by atoms with Crippen molar-refractivity contribution in [1.29, 1.82) is 0 Å². The van der Waals surface area contributed by atoms with Gasteiger partial charge in [-0.25, -0.2) is 0 Å². The van der Waals surface area contributed by atoms with Crippen LogP contribution in [0.1, 0.15) is 15.9 Å². The van der Waals surface area contributed by atoms with Gasteiger partial charge in [0.2, 0.25) is 0 Å². The van der Waals surface area contributed by atoms with E-state index in [2.05, 4.69) is 5.32 Å². The molecule has 24 heavy (non-hydrogen) atoms. The quantitative estimate of drug-likeness (QED) is 0.802. The molecule has 0 aliphatic carbocycles. The maximum Gasteiger partial charge on any atom is 0.471 e. The highest BCUT2D eigenvalue weighted by atomic mass is 19.4. The molecule has 0 bridgehead atoms. The summed E-state index contributed by atoms with van der Waals surface area (Å²) in [6.45, 7) is 0.0459. The average molecular weight is 338 g/mol. The number of amides is 2. The van der Waals surface area contributed by atoms with Crippen molar-refractivity contribution in [2.75, 3.05) is 5.32 Å². The molecule has 0 atom stereocenters. The third kappa shape index (κ3) is 4.73.